The number of esters is 1. The van der Waals surface area contributed by atoms with Crippen LogP contribution in [0.4, 0.5) is 0 Å². The van der Waals surface area contributed by atoms with Gasteiger partial charge in [0.1, 0.15) is 0 Å². The van der Waals surface area contributed by atoms with Gasteiger partial charge >= 0.3 is 5.97 Å². The highest BCUT2D eigenvalue weighted by molar-refractivity contribution is 5.93. The molecule has 1 saturated carbocycles. The van der Waals surface area contributed by atoms with E-state index in [1.165, 1.54) is 20.0 Å². The molecule has 0 amide bonds. The van der Waals surface area contributed by atoms with Gasteiger partial charge in [-0.05, 0) is 43.4 Å². The maximum Gasteiger partial charge on any atom is 0.310 e. The van der Waals surface area contributed by atoms with E-state index < -0.39 is 0 Å². The van der Waals surface area contributed by atoms with Crippen molar-refractivity contribution >= 4 is 23.2 Å². The average molecular weight is 302 g/mol. The van der Waals surface area contributed by atoms with Crippen molar-refractivity contribution in [3.63, 3.8) is 0 Å². The average Bonchev–Trinajstić information content (AvgIpc) is 3.18. The largest absolute Gasteiger partial charge is 0.486 e. The molecule has 0 spiro atoms. The van der Waals surface area contributed by atoms with Crippen LogP contribution >= 0.6 is 0 Å². The number of methoxy groups -OCH3 is 1. The molecule has 0 unspecified atom stereocenters. The van der Waals surface area contributed by atoms with Crippen LogP contribution in [0.25, 0.3) is 11.0 Å². The fourth-order valence-electron chi connectivity index (χ4n) is 2.89. The second-order valence-electron chi connectivity index (χ2n) is 5.51. The number of rotatable bonds is 5. The third-order valence-electron chi connectivity index (χ3n) is 4.03. The third-order valence-corrected chi connectivity index (χ3v) is 4.03. The molecule has 0 radical (unpaired) electrons. The molecule has 1 fully saturated rings. The molecule has 1 aliphatic rings. The van der Waals surface area contributed by atoms with Crippen LogP contribution in [0, 0.1) is 0 Å². The van der Waals surface area contributed by atoms with E-state index in [9.17, 15) is 9.59 Å². The second kappa shape index (κ2) is 6.22. The Morgan fingerprint density at radius 3 is 2.82 bits per heavy atom. The fraction of sp³-hybridized carbons (Fsp3) is 0.412. The zero-order valence-corrected chi connectivity index (χ0v) is 12.5. The Bertz CT molecular complexity index is 694. The Morgan fingerprint density at radius 2 is 2.14 bits per heavy atom. The third kappa shape index (κ3) is 2.84. The van der Waals surface area contributed by atoms with E-state index in [-0.39, 0.29) is 24.3 Å². The normalized spacial score (nSPS) is 15.1. The molecule has 0 saturated heterocycles. The Morgan fingerprint density at radius 1 is 1.36 bits per heavy atom. The zero-order valence-electron chi connectivity index (χ0n) is 12.5. The first-order chi connectivity index (χ1) is 10.7. The number of fused-ring (bicyclic) bond motifs is 1. The van der Waals surface area contributed by atoms with Crippen molar-refractivity contribution in [2.24, 2.45) is 0 Å². The summed E-state index contributed by atoms with van der Waals surface area (Å²) in [5.74, 6) is 0.520. The van der Waals surface area contributed by atoms with Gasteiger partial charge < -0.3 is 13.9 Å². The highest BCUT2D eigenvalue weighted by Gasteiger charge is 2.20. The number of carbonyl (C=O) groups excluding carboxylic acids is 2. The standard InChI is InChI=1S/C17H18O5/c1-20-16(19)8-11-6-7-15(21-12-4-2-3-5-12)17-14(11)9-13(10-18)22-17/h6-7,9-10,12H,2-5,8H2,1H3. The van der Waals surface area contributed by atoms with Gasteiger partial charge in [0, 0.05) is 5.39 Å². The van der Waals surface area contributed by atoms with Crippen LogP contribution in [0.5, 0.6) is 5.75 Å². The second-order valence-corrected chi connectivity index (χ2v) is 5.51. The van der Waals surface area contributed by atoms with E-state index in [0.29, 0.717) is 17.6 Å². The van der Waals surface area contributed by atoms with Crippen molar-refractivity contribution < 1.29 is 23.5 Å². The minimum atomic E-state index is -0.334. The lowest BCUT2D eigenvalue weighted by Crippen LogP contribution is -2.11. The molecule has 0 aliphatic heterocycles. The number of furan rings is 1. The smallest absolute Gasteiger partial charge is 0.310 e. The lowest BCUT2D eigenvalue weighted by Gasteiger charge is -2.14. The molecule has 5 nitrogen and oxygen atoms in total. The molecule has 1 aromatic heterocycles. The van der Waals surface area contributed by atoms with E-state index >= 15 is 0 Å². The van der Waals surface area contributed by atoms with E-state index in [2.05, 4.69) is 0 Å². The SMILES string of the molecule is COC(=O)Cc1ccc(OC2CCCC2)c2oc(C=O)cc12. The highest BCUT2D eigenvalue weighted by Crippen LogP contribution is 2.34. The molecule has 2 aromatic rings. The van der Waals surface area contributed by atoms with Crippen molar-refractivity contribution in [1.82, 2.24) is 0 Å². The summed E-state index contributed by atoms with van der Waals surface area (Å²) in [6.07, 6.45) is 5.40. The van der Waals surface area contributed by atoms with Gasteiger partial charge in [-0.3, -0.25) is 9.59 Å². The summed E-state index contributed by atoms with van der Waals surface area (Å²) in [4.78, 5) is 22.5. The summed E-state index contributed by atoms with van der Waals surface area (Å²) in [5, 5.41) is 0.725. The summed E-state index contributed by atoms with van der Waals surface area (Å²) in [6, 6.07) is 5.27. The summed E-state index contributed by atoms with van der Waals surface area (Å²) in [7, 11) is 1.35. The van der Waals surface area contributed by atoms with Crippen molar-refractivity contribution in [2.75, 3.05) is 7.11 Å². The number of hydrogen-bond donors (Lipinski definition) is 0. The molecule has 3 rings (SSSR count). The molecule has 1 aromatic carbocycles. The van der Waals surface area contributed by atoms with Crippen molar-refractivity contribution in [3.05, 3.63) is 29.5 Å². The molecule has 0 N–H and O–H groups in total. The van der Waals surface area contributed by atoms with Gasteiger partial charge in [-0.15, -0.1) is 0 Å². The van der Waals surface area contributed by atoms with Crippen LogP contribution in [0.1, 0.15) is 41.8 Å². The minimum Gasteiger partial charge on any atom is -0.486 e. The van der Waals surface area contributed by atoms with Gasteiger partial charge in [-0.1, -0.05) is 6.07 Å². The van der Waals surface area contributed by atoms with Crippen LogP contribution in [0.3, 0.4) is 0 Å². The van der Waals surface area contributed by atoms with Crippen molar-refractivity contribution in [1.29, 1.82) is 0 Å². The predicted molar refractivity (Wildman–Crippen MR) is 80.2 cm³/mol. The molecular weight excluding hydrogens is 284 g/mol. The van der Waals surface area contributed by atoms with Crippen LogP contribution in [0.2, 0.25) is 0 Å². The van der Waals surface area contributed by atoms with E-state index in [4.69, 9.17) is 13.9 Å². The number of aldehydes is 1. The zero-order chi connectivity index (χ0) is 15.5. The first kappa shape index (κ1) is 14.6. The Balaban J connectivity index is 1.99. The monoisotopic (exact) mass is 302 g/mol. The molecule has 0 atom stereocenters. The number of ether oxygens (including phenoxy) is 2. The van der Waals surface area contributed by atoms with Crippen molar-refractivity contribution in [2.45, 2.75) is 38.2 Å². The topological polar surface area (TPSA) is 65.7 Å². The van der Waals surface area contributed by atoms with Gasteiger partial charge in [0.25, 0.3) is 0 Å². The van der Waals surface area contributed by atoms with E-state index in [0.717, 1.165) is 23.8 Å². The Labute approximate surface area is 128 Å². The molecule has 1 aliphatic carbocycles. The molecule has 1 heterocycles. The highest BCUT2D eigenvalue weighted by atomic mass is 16.5. The quantitative estimate of drug-likeness (QED) is 0.626. The fourth-order valence-corrected chi connectivity index (χ4v) is 2.89. The molecular formula is C17H18O5. The molecule has 116 valence electrons. The number of hydrogen-bond acceptors (Lipinski definition) is 5. The Hall–Kier alpha value is -2.30. The van der Waals surface area contributed by atoms with Crippen LogP contribution in [0.15, 0.2) is 22.6 Å². The molecule has 0 bridgehead atoms. The van der Waals surface area contributed by atoms with Crippen molar-refractivity contribution in [3.8, 4) is 5.75 Å². The van der Waals surface area contributed by atoms with Gasteiger partial charge in [0.2, 0.25) is 0 Å². The summed E-state index contributed by atoms with van der Waals surface area (Å²) in [6.45, 7) is 0. The summed E-state index contributed by atoms with van der Waals surface area (Å²) < 4.78 is 16.3. The van der Waals surface area contributed by atoms with E-state index in [1.807, 2.05) is 6.07 Å². The Kier molecular flexibility index (Phi) is 4.13. The first-order valence-electron chi connectivity index (χ1n) is 7.45. The maximum atomic E-state index is 11.5. The van der Waals surface area contributed by atoms with Crippen LogP contribution < -0.4 is 4.74 Å². The first-order valence-corrected chi connectivity index (χ1v) is 7.45. The van der Waals surface area contributed by atoms with Gasteiger partial charge in [-0.25, -0.2) is 0 Å². The van der Waals surface area contributed by atoms with Crippen LogP contribution in [-0.2, 0) is 16.0 Å². The van der Waals surface area contributed by atoms with Gasteiger partial charge in [0.15, 0.2) is 23.4 Å². The number of carbonyl (C=O) groups is 2. The lowest BCUT2D eigenvalue weighted by molar-refractivity contribution is -0.139. The molecule has 5 heteroatoms. The number of benzene rings is 1. The summed E-state index contributed by atoms with van der Waals surface area (Å²) >= 11 is 0. The maximum absolute atomic E-state index is 11.5. The molecule has 22 heavy (non-hydrogen) atoms. The van der Waals surface area contributed by atoms with E-state index in [1.54, 1.807) is 12.1 Å². The lowest BCUT2D eigenvalue weighted by atomic mass is 10.1. The van der Waals surface area contributed by atoms with Crippen LogP contribution in [-0.4, -0.2) is 25.5 Å². The van der Waals surface area contributed by atoms with Gasteiger partial charge in [-0.2, -0.15) is 0 Å². The minimum absolute atomic E-state index is 0.133. The predicted octanol–water partition coefficient (Wildman–Crippen LogP) is 3.28. The van der Waals surface area contributed by atoms with Gasteiger partial charge in [0.05, 0.1) is 19.6 Å². The summed E-state index contributed by atoms with van der Waals surface area (Å²) in [5.41, 5.74) is 1.29.